The van der Waals surface area contributed by atoms with Crippen LogP contribution in [0.1, 0.15) is 105 Å². The van der Waals surface area contributed by atoms with Crippen LogP contribution < -0.4 is 16.4 Å². The van der Waals surface area contributed by atoms with Crippen LogP contribution in [-0.4, -0.2) is 20.8 Å². The Morgan fingerprint density at radius 3 is 1.16 bits per heavy atom. The molecule has 5 heterocycles. The average molecular weight is 946 g/mol. The van der Waals surface area contributed by atoms with Crippen molar-refractivity contribution in [3.8, 4) is 56.1 Å². The lowest BCUT2D eigenvalue weighted by atomic mass is 9.34. The Balaban J connectivity index is 1.19. The molecule has 0 atom stereocenters. The minimum Gasteiger partial charge on any atom is -0.310 e. The van der Waals surface area contributed by atoms with Crippen LogP contribution in [0.3, 0.4) is 0 Å². The molecule has 0 saturated heterocycles. The topological polar surface area (TPSA) is 22.8 Å². The molecule has 0 fully saturated rings. The van der Waals surface area contributed by atoms with Crippen LogP contribution in [0.25, 0.3) is 99.8 Å². The lowest BCUT2D eigenvalue weighted by Crippen LogP contribution is -2.59. The van der Waals surface area contributed by atoms with E-state index in [1.807, 2.05) is 0 Å². The molecule has 0 saturated carbocycles. The van der Waals surface area contributed by atoms with Gasteiger partial charge in [0.05, 0.1) is 22.4 Å². The number of benzene rings is 8. The van der Waals surface area contributed by atoms with E-state index in [-0.39, 0.29) is 28.4 Å². The van der Waals surface area contributed by atoms with Crippen LogP contribution in [0, 0.1) is 0 Å². The van der Waals surface area contributed by atoms with Crippen molar-refractivity contribution in [2.24, 2.45) is 0 Å². The minimum absolute atomic E-state index is 0.0280. The third-order valence-corrected chi connectivity index (χ3v) is 16.3. The summed E-state index contributed by atoms with van der Waals surface area (Å²) in [5.41, 5.74) is 26.0. The summed E-state index contributed by atoms with van der Waals surface area (Å²) in [7, 11) is 0. The number of rotatable bonds is 4. The molecule has 0 bridgehead atoms. The summed E-state index contributed by atoms with van der Waals surface area (Å²) >= 11 is 0. The predicted molar refractivity (Wildman–Crippen MR) is 314 cm³/mol. The summed E-state index contributed by atoms with van der Waals surface area (Å²) in [6, 6.07) is 65.4. The maximum atomic E-state index is 5.45. The summed E-state index contributed by atoms with van der Waals surface area (Å²) in [4.78, 5) is 5.45. The van der Waals surface area contributed by atoms with Crippen molar-refractivity contribution in [1.82, 2.24) is 14.1 Å². The van der Waals surface area contributed by atoms with E-state index in [2.05, 4.69) is 262 Å². The zero-order chi connectivity index (χ0) is 50.7. The molecule has 0 aliphatic carbocycles. The van der Waals surface area contributed by atoms with E-state index in [0.29, 0.717) is 0 Å². The van der Waals surface area contributed by atoms with Crippen molar-refractivity contribution in [1.29, 1.82) is 0 Å². The minimum atomic E-state index is -0.0620. The molecule has 0 spiro atoms. The molecule has 8 aromatic carbocycles. The molecular weight excluding hydrogens is 882 g/mol. The van der Waals surface area contributed by atoms with Gasteiger partial charge in [-0.25, -0.2) is 4.98 Å². The highest BCUT2D eigenvalue weighted by Crippen LogP contribution is 2.45. The monoisotopic (exact) mass is 946 g/mol. The smallest absolute Gasteiger partial charge is 0.252 e. The second-order valence-electron chi connectivity index (χ2n) is 25.3. The number of hydrogen-bond acceptors (Lipinski definition) is 1. The summed E-state index contributed by atoms with van der Waals surface area (Å²) < 4.78 is 5.25. The first-order valence-electron chi connectivity index (χ1n) is 26.4. The van der Waals surface area contributed by atoms with E-state index in [1.54, 1.807) is 0 Å². The molecule has 73 heavy (non-hydrogen) atoms. The quantitative estimate of drug-likeness (QED) is 0.161. The van der Waals surface area contributed by atoms with Gasteiger partial charge in [-0.15, -0.1) is 0 Å². The van der Waals surface area contributed by atoms with Crippen molar-refractivity contribution in [2.75, 3.05) is 0 Å². The molecule has 0 unspecified atom stereocenters. The number of hydrogen-bond donors (Lipinski definition) is 0. The van der Waals surface area contributed by atoms with Gasteiger partial charge < -0.3 is 9.13 Å². The Hall–Kier alpha value is -7.43. The second-order valence-corrected chi connectivity index (χ2v) is 25.3. The Bertz CT molecular complexity index is 3860. The van der Waals surface area contributed by atoms with Gasteiger partial charge in [-0.3, -0.25) is 0 Å². The standard InChI is InChI=1S/C69H64BN3/c1-66(2,3)47-25-21-41(22-26-47)44-33-53-51-39-49(68(7,8)9)29-31-59(51)72-61-37-46(58-20-16-19-57(71-58)43-17-14-13-15-18-43)38-62-63(61)70(55(35-44)64(53)72)56-36-45(42-23-27-48(28-24-42)67(4,5)6)34-54-52-40-50(69(10,11)12)30-32-60(52)73(62)65(54)56/h13-40H,1-12H3. The molecule has 11 aromatic rings. The van der Waals surface area contributed by atoms with Crippen LogP contribution in [0.5, 0.6) is 0 Å². The molecular formula is C69H64BN3. The number of nitrogens with zero attached hydrogens (tertiary/aromatic N) is 3. The van der Waals surface area contributed by atoms with E-state index in [1.165, 1.54) is 116 Å². The first-order chi connectivity index (χ1) is 34.7. The van der Waals surface area contributed by atoms with E-state index >= 15 is 0 Å². The highest BCUT2D eigenvalue weighted by Gasteiger charge is 2.42. The molecule has 3 aromatic heterocycles. The lowest BCUT2D eigenvalue weighted by molar-refractivity contribution is 0.590. The van der Waals surface area contributed by atoms with Crippen molar-refractivity contribution < 1.29 is 0 Å². The van der Waals surface area contributed by atoms with E-state index < -0.39 is 0 Å². The Kier molecular flexibility index (Phi) is 9.68. The summed E-state index contributed by atoms with van der Waals surface area (Å²) in [6.45, 7) is 27.8. The van der Waals surface area contributed by atoms with Gasteiger partial charge in [-0.2, -0.15) is 0 Å². The fourth-order valence-corrected chi connectivity index (χ4v) is 12.2. The van der Waals surface area contributed by atoms with Crippen molar-refractivity contribution in [2.45, 2.75) is 105 Å². The summed E-state index contributed by atoms with van der Waals surface area (Å²) in [5.74, 6) is 0. The largest absolute Gasteiger partial charge is 0.310 e. The van der Waals surface area contributed by atoms with Gasteiger partial charge in [0, 0.05) is 55.1 Å². The number of aromatic nitrogens is 3. The van der Waals surface area contributed by atoms with Crippen LogP contribution in [0.2, 0.25) is 0 Å². The van der Waals surface area contributed by atoms with Crippen molar-refractivity contribution in [3.63, 3.8) is 0 Å². The molecule has 4 heteroatoms. The van der Waals surface area contributed by atoms with Crippen molar-refractivity contribution in [3.05, 3.63) is 192 Å². The molecule has 13 rings (SSSR count). The van der Waals surface area contributed by atoms with Crippen molar-refractivity contribution >= 4 is 66.7 Å². The lowest BCUT2D eigenvalue weighted by Gasteiger charge is -2.34. The van der Waals surface area contributed by atoms with Crippen LogP contribution in [-0.2, 0) is 21.7 Å². The van der Waals surface area contributed by atoms with E-state index in [0.717, 1.165) is 22.5 Å². The molecule has 0 amide bonds. The van der Waals surface area contributed by atoms with Crippen LogP contribution >= 0.6 is 0 Å². The fourth-order valence-electron chi connectivity index (χ4n) is 12.2. The highest BCUT2D eigenvalue weighted by molar-refractivity contribution is 7.00. The Morgan fingerprint density at radius 2 is 0.740 bits per heavy atom. The SMILES string of the molecule is CC(C)(C)c1ccc(-c2cc3c4c(c2)c2cc(C(C)(C)C)ccc2n4-c2cc(-c4cccc(-c5ccccc5)n4)cc4c2B3c2cc(-c3ccc(C(C)(C)C)cc3)cc3c5cc(C(C)(C)C)ccc5n-4c23)cc1. The zero-order valence-corrected chi connectivity index (χ0v) is 44.6. The molecule has 358 valence electrons. The molecule has 0 radical (unpaired) electrons. The van der Waals surface area contributed by atoms with Gasteiger partial charge in [0.15, 0.2) is 0 Å². The van der Waals surface area contributed by atoms with Gasteiger partial charge in [-0.05, 0) is 143 Å². The van der Waals surface area contributed by atoms with Gasteiger partial charge in [-0.1, -0.05) is 192 Å². The second kappa shape index (κ2) is 15.5. The normalized spacial score (nSPS) is 13.5. The molecule has 3 nitrogen and oxygen atoms in total. The van der Waals surface area contributed by atoms with Gasteiger partial charge in [0.1, 0.15) is 0 Å². The molecule has 0 N–H and O–H groups in total. The first kappa shape index (κ1) is 45.4. The summed E-state index contributed by atoms with van der Waals surface area (Å²) in [6.07, 6.45) is 0. The molecule has 2 aliphatic heterocycles. The maximum Gasteiger partial charge on any atom is 0.252 e. The maximum absolute atomic E-state index is 5.45. The predicted octanol–water partition coefficient (Wildman–Crippen LogP) is 16.3. The Labute approximate surface area is 431 Å². The zero-order valence-electron chi connectivity index (χ0n) is 44.6. The van der Waals surface area contributed by atoms with Gasteiger partial charge >= 0.3 is 0 Å². The van der Waals surface area contributed by atoms with Crippen LogP contribution in [0.15, 0.2) is 170 Å². The molecule has 2 aliphatic rings. The first-order valence-corrected chi connectivity index (χ1v) is 26.4. The third-order valence-electron chi connectivity index (χ3n) is 16.3. The average Bonchev–Trinajstić information content (AvgIpc) is 3.88. The van der Waals surface area contributed by atoms with Gasteiger partial charge in [0.25, 0.3) is 6.71 Å². The van der Waals surface area contributed by atoms with E-state index in [9.17, 15) is 0 Å². The van der Waals surface area contributed by atoms with Crippen LogP contribution in [0.4, 0.5) is 0 Å². The number of fused-ring (bicyclic) bond motifs is 10. The highest BCUT2D eigenvalue weighted by atomic mass is 15.0. The Morgan fingerprint density at radius 1 is 0.329 bits per heavy atom. The third kappa shape index (κ3) is 7.11. The summed E-state index contributed by atoms with van der Waals surface area (Å²) in [5, 5.41) is 5.16. The van der Waals surface area contributed by atoms with E-state index in [4.69, 9.17) is 4.98 Å². The van der Waals surface area contributed by atoms with Gasteiger partial charge in [0.2, 0.25) is 0 Å². The number of pyridine rings is 1. The fraction of sp³-hybridized carbons (Fsp3) is 0.232.